The maximum atomic E-state index is 9.16. The highest BCUT2D eigenvalue weighted by molar-refractivity contribution is 4.78. The molecule has 0 saturated heterocycles. The summed E-state index contributed by atoms with van der Waals surface area (Å²) in [5.74, 6) is 0.572. The minimum absolute atomic E-state index is 0.0628. The van der Waals surface area contributed by atoms with Gasteiger partial charge in [0.1, 0.15) is 0 Å². The summed E-state index contributed by atoms with van der Waals surface area (Å²) in [5.41, 5.74) is 0.430. The molecule has 1 unspecified atom stereocenters. The van der Waals surface area contributed by atoms with E-state index in [-0.39, 0.29) is 12.0 Å². The van der Waals surface area contributed by atoms with Gasteiger partial charge in [0.05, 0.1) is 0 Å². The molecule has 0 bridgehead atoms. The van der Waals surface area contributed by atoms with E-state index in [9.17, 15) is 0 Å². The lowest BCUT2D eigenvalue weighted by Crippen LogP contribution is -2.29. The Labute approximate surface area is 77.2 Å². The molecule has 1 N–H and O–H groups in total. The molecule has 0 aromatic rings. The van der Waals surface area contributed by atoms with Gasteiger partial charge < -0.3 is 5.11 Å². The van der Waals surface area contributed by atoms with Crippen LogP contribution in [0.5, 0.6) is 0 Å². The largest absolute Gasteiger partial charge is 0.396 e. The number of aliphatic hydroxyl groups excluding tert-OH is 1. The van der Waals surface area contributed by atoms with Gasteiger partial charge in [-0.15, -0.1) is 0 Å². The Balaban J connectivity index is 4.13. The summed E-state index contributed by atoms with van der Waals surface area (Å²) in [5, 5.41) is 9.16. The summed E-state index contributed by atoms with van der Waals surface area (Å²) in [6, 6.07) is 0. The van der Waals surface area contributed by atoms with Crippen molar-refractivity contribution in [2.75, 3.05) is 6.61 Å². The van der Waals surface area contributed by atoms with Gasteiger partial charge in [0.25, 0.3) is 0 Å². The summed E-state index contributed by atoms with van der Waals surface area (Å²) < 4.78 is 0. The molecule has 0 aliphatic rings. The molecular weight excluding hydrogens is 148 g/mol. The average Bonchev–Trinajstić information content (AvgIpc) is 1.84. The molecule has 1 heteroatoms. The minimum atomic E-state index is 0.0628. The molecule has 0 aliphatic carbocycles. The van der Waals surface area contributed by atoms with Gasteiger partial charge >= 0.3 is 0 Å². The third kappa shape index (κ3) is 4.10. The molecule has 1 nitrogen and oxygen atoms in total. The van der Waals surface area contributed by atoms with E-state index in [0.717, 1.165) is 0 Å². The molecule has 12 heavy (non-hydrogen) atoms. The van der Waals surface area contributed by atoms with Crippen LogP contribution < -0.4 is 0 Å². The zero-order valence-electron chi connectivity index (χ0n) is 9.44. The van der Waals surface area contributed by atoms with Crippen LogP contribution in [0, 0.1) is 16.7 Å². The summed E-state index contributed by atoms with van der Waals surface area (Å²) in [4.78, 5) is 0. The maximum absolute atomic E-state index is 9.16. The van der Waals surface area contributed by atoms with Crippen molar-refractivity contribution in [3.63, 3.8) is 0 Å². The second-order valence-corrected chi connectivity index (χ2v) is 5.81. The topological polar surface area (TPSA) is 20.2 Å². The second kappa shape index (κ2) is 3.78. The van der Waals surface area contributed by atoms with E-state index in [1.807, 2.05) is 0 Å². The van der Waals surface area contributed by atoms with E-state index in [2.05, 4.69) is 41.5 Å². The van der Waals surface area contributed by atoms with Crippen LogP contribution in [0.1, 0.15) is 48.0 Å². The van der Waals surface area contributed by atoms with Gasteiger partial charge in [0.2, 0.25) is 0 Å². The van der Waals surface area contributed by atoms with Gasteiger partial charge in [-0.05, 0) is 23.2 Å². The van der Waals surface area contributed by atoms with E-state index >= 15 is 0 Å². The van der Waals surface area contributed by atoms with Crippen molar-refractivity contribution in [1.82, 2.24) is 0 Å². The lowest BCUT2D eigenvalue weighted by Gasteiger charge is -2.34. The Morgan fingerprint density at radius 3 is 1.75 bits per heavy atom. The highest BCUT2D eigenvalue weighted by atomic mass is 16.3. The first kappa shape index (κ1) is 12.0. The molecule has 0 saturated carbocycles. The van der Waals surface area contributed by atoms with E-state index in [0.29, 0.717) is 11.3 Å². The van der Waals surface area contributed by atoms with Crippen molar-refractivity contribution in [3.8, 4) is 0 Å². The first-order valence-corrected chi connectivity index (χ1v) is 4.80. The summed E-state index contributed by atoms with van der Waals surface area (Å²) >= 11 is 0. The second-order valence-electron chi connectivity index (χ2n) is 5.81. The van der Waals surface area contributed by atoms with Crippen LogP contribution in [0.3, 0.4) is 0 Å². The van der Waals surface area contributed by atoms with Gasteiger partial charge in [-0.3, -0.25) is 0 Å². The zero-order valence-corrected chi connectivity index (χ0v) is 9.44. The van der Waals surface area contributed by atoms with Crippen molar-refractivity contribution in [1.29, 1.82) is 0 Å². The fourth-order valence-corrected chi connectivity index (χ4v) is 1.35. The van der Waals surface area contributed by atoms with Gasteiger partial charge in [0.15, 0.2) is 0 Å². The Morgan fingerprint density at radius 2 is 1.50 bits per heavy atom. The first-order chi connectivity index (χ1) is 5.19. The first-order valence-electron chi connectivity index (χ1n) is 4.80. The van der Waals surface area contributed by atoms with Crippen LogP contribution in [0.4, 0.5) is 0 Å². The number of hydrogen-bond acceptors (Lipinski definition) is 1. The third-order valence-electron chi connectivity index (χ3n) is 2.66. The fourth-order valence-electron chi connectivity index (χ4n) is 1.35. The lowest BCUT2D eigenvalue weighted by atomic mass is 9.72. The molecular formula is C11H24O. The fraction of sp³-hybridized carbons (Fsp3) is 1.00. The SMILES string of the molecule is CC(CC(C)(C)C)C(C)(C)CO. The van der Waals surface area contributed by atoms with E-state index in [1.54, 1.807) is 0 Å². The molecule has 0 aromatic carbocycles. The van der Waals surface area contributed by atoms with Crippen molar-refractivity contribution in [2.24, 2.45) is 16.7 Å². The molecule has 0 aromatic heterocycles. The number of hydrogen-bond donors (Lipinski definition) is 1. The van der Waals surface area contributed by atoms with Gasteiger partial charge in [0, 0.05) is 6.61 Å². The van der Waals surface area contributed by atoms with E-state index < -0.39 is 0 Å². The molecule has 0 radical (unpaired) electrons. The summed E-state index contributed by atoms with van der Waals surface area (Å²) in [6.07, 6.45) is 1.17. The lowest BCUT2D eigenvalue weighted by molar-refractivity contribution is 0.0803. The van der Waals surface area contributed by atoms with Gasteiger partial charge in [-0.1, -0.05) is 41.5 Å². The van der Waals surface area contributed by atoms with Gasteiger partial charge in [-0.2, -0.15) is 0 Å². The highest BCUT2D eigenvalue weighted by Crippen LogP contribution is 2.35. The average molecular weight is 172 g/mol. The molecule has 0 heterocycles. The molecule has 0 rings (SSSR count). The molecule has 0 amide bonds. The maximum Gasteiger partial charge on any atom is 0.0484 e. The van der Waals surface area contributed by atoms with Crippen LogP contribution in [-0.4, -0.2) is 11.7 Å². The van der Waals surface area contributed by atoms with Crippen molar-refractivity contribution in [2.45, 2.75) is 48.0 Å². The highest BCUT2D eigenvalue weighted by Gasteiger charge is 2.28. The zero-order chi connectivity index (χ0) is 9.99. The van der Waals surface area contributed by atoms with Crippen LogP contribution in [0.25, 0.3) is 0 Å². The number of rotatable bonds is 3. The predicted octanol–water partition coefficient (Wildman–Crippen LogP) is 3.08. The third-order valence-corrected chi connectivity index (χ3v) is 2.66. The molecule has 0 spiro atoms. The van der Waals surface area contributed by atoms with E-state index in [4.69, 9.17) is 5.11 Å². The van der Waals surface area contributed by atoms with E-state index in [1.165, 1.54) is 6.42 Å². The quantitative estimate of drug-likeness (QED) is 0.693. The van der Waals surface area contributed by atoms with Crippen LogP contribution in [-0.2, 0) is 0 Å². The van der Waals surface area contributed by atoms with Crippen molar-refractivity contribution >= 4 is 0 Å². The Kier molecular flexibility index (Phi) is 3.77. The van der Waals surface area contributed by atoms with Crippen molar-refractivity contribution < 1.29 is 5.11 Å². The summed E-state index contributed by atoms with van der Waals surface area (Å²) in [6.45, 7) is 13.5. The normalized spacial score (nSPS) is 16.2. The Hall–Kier alpha value is -0.0400. The van der Waals surface area contributed by atoms with Gasteiger partial charge in [-0.25, -0.2) is 0 Å². The van der Waals surface area contributed by atoms with Crippen molar-refractivity contribution in [3.05, 3.63) is 0 Å². The standard InChI is InChI=1S/C11H24O/c1-9(7-10(2,3)4)11(5,6)8-12/h9,12H,7-8H2,1-6H3. The number of aliphatic hydroxyl groups is 1. The molecule has 0 fully saturated rings. The summed E-state index contributed by atoms with van der Waals surface area (Å²) in [7, 11) is 0. The van der Waals surface area contributed by atoms with Crippen LogP contribution in [0.2, 0.25) is 0 Å². The smallest absolute Gasteiger partial charge is 0.0484 e. The predicted molar refractivity (Wildman–Crippen MR) is 54.1 cm³/mol. The Bertz CT molecular complexity index is 130. The Morgan fingerprint density at radius 1 is 1.08 bits per heavy atom. The van der Waals surface area contributed by atoms with Crippen LogP contribution >= 0.6 is 0 Å². The van der Waals surface area contributed by atoms with Crippen LogP contribution in [0.15, 0.2) is 0 Å². The monoisotopic (exact) mass is 172 g/mol. The molecule has 1 atom stereocenters. The molecule has 0 aliphatic heterocycles. The molecule has 74 valence electrons. The minimum Gasteiger partial charge on any atom is -0.396 e.